The standard InChI is InChI=1S/C18H19FN4O2/c19-14-3-5-15(6-4-14)22-18(25)23-10-7-16(8-11-23)21-17(24)13-2-1-9-20-12-13/h1-6,9,12,16H,7-8,10-11H2,(H,21,24)(H,22,25). The maximum Gasteiger partial charge on any atom is 0.321 e. The van der Waals surface area contributed by atoms with Gasteiger partial charge < -0.3 is 15.5 Å². The molecule has 2 heterocycles. The molecule has 130 valence electrons. The van der Waals surface area contributed by atoms with Gasteiger partial charge in [-0.15, -0.1) is 0 Å². The fourth-order valence-corrected chi connectivity index (χ4v) is 2.73. The highest BCUT2D eigenvalue weighted by Crippen LogP contribution is 2.14. The Balaban J connectivity index is 1.47. The fraction of sp³-hybridized carbons (Fsp3) is 0.278. The Morgan fingerprint density at radius 2 is 1.84 bits per heavy atom. The number of likely N-dealkylation sites (tertiary alicyclic amines) is 1. The summed E-state index contributed by atoms with van der Waals surface area (Å²) >= 11 is 0. The first-order valence-electron chi connectivity index (χ1n) is 8.14. The molecule has 1 aromatic heterocycles. The zero-order valence-corrected chi connectivity index (χ0v) is 13.6. The number of benzene rings is 1. The maximum absolute atomic E-state index is 12.9. The van der Waals surface area contributed by atoms with E-state index in [1.807, 2.05) is 0 Å². The van der Waals surface area contributed by atoms with Crippen LogP contribution in [-0.4, -0.2) is 41.0 Å². The first-order chi connectivity index (χ1) is 12.1. The Hall–Kier alpha value is -2.96. The molecule has 7 heteroatoms. The number of piperidine rings is 1. The number of nitrogens with one attached hydrogen (secondary N) is 2. The molecule has 1 aliphatic rings. The Morgan fingerprint density at radius 1 is 1.12 bits per heavy atom. The van der Waals surface area contributed by atoms with E-state index in [1.54, 1.807) is 23.2 Å². The van der Waals surface area contributed by atoms with Gasteiger partial charge in [-0.2, -0.15) is 0 Å². The van der Waals surface area contributed by atoms with E-state index in [9.17, 15) is 14.0 Å². The van der Waals surface area contributed by atoms with Crippen molar-refractivity contribution in [1.82, 2.24) is 15.2 Å². The molecular formula is C18H19FN4O2. The van der Waals surface area contributed by atoms with Crippen LogP contribution in [0.3, 0.4) is 0 Å². The van der Waals surface area contributed by atoms with E-state index in [-0.39, 0.29) is 23.8 Å². The van der Waals surface area contributed by atoms with E-state index in [0.717, 1.165) is 0 Å². The second kappa shape index (κ2) is 7.74. The number of amides is 3. The zero-order chi connectivity index (χ0) is 17.6. The second-order valence-corrected chi connectivity index (χ2v) is 5.91. The number of carbonyl (C=O) groups excluding carboxylic acids is 2. The summed E-state index contributed by atoms with van der Waals surface area (Å²) in [6.45, 7) is 1.09. The molecule has 6 nitrogen and oxygen atoms in total. The minimum Gasteiger partial charge on any atom is -0.349 e. The lowest BCUT2D eigenvalue weighted by Crippen LogP contribution is -2.47. The molecule has 0 radical (unpaired) electrons. The van der Waals surface area contributed by atoms with E-state index in [2.05, 4.69) is 15.6 Å². The zero-order valence-electron chi connectivity index (χ0n) is 13.6. The fourth-order valence-electron chi connectivity index (χ4n) is 2.73. The summed E-state index contributed by atoms with van der Waals surface area (Å²) in [4.78, 5) is 30.0. The third-order valence-electron chi connectivity index (χ3n) is 4.14. The molecule has 3 amide bonds. The number of halogens is 1. The molecule has 0 spiro atoms. The first-order valence-corrected chi connectivity index (χ1v) is 8.14. The number of hydrogen-bond donors (Lipinski definition) is 2. The van der Waals surface area contributed by atoms with Gasteiger partial charge in [-0.1, -0.05) is 0 Å². The molecule has 1 aromatic carbocycles. The predicted octanol–water partition coefficient (Wildman–Crippen LogP) is 2.65. The van der Waals surface area contributed by atoms with Gasteiger partial charge in [0.2, 0.25) is 0 Å². The smallest absolute Gasteiger partial charge is 0.321 e. The molecule has 1 fully saturated rings. The topological polar surface area (TPSA) is 74.3 Å². The van der Waals surface area contributed by atoms with Gasteiger partial charge in [-0.3, -0.25) is 9.78 Å². The first kappa shape index (κ1) is 16.9. The van der Waals surface area contributed by atoms with Gasteiger partial charge >= 0.3 is 6.03 Å². The summed E-state index contributed by atoms with van der Waals surface area (Å²) in [6.07, 6.45) is 4.52. The van der Waals surface area contributed by atoms with Gasteiger partial charge in [0.05, 0.1) is 5.56 Å². The molecule has 2 aromatic rings. The number of pyridine rings is 1. The average molecular weight is 342 g/mol. The summed E-state index contributed by atoms with van der Waals surface area (Å²) in [5, 5.41) is 5.72. The van der Waals surface area contributed by atoms with E-state index in [0.29, 0.717) is 37.2 Å². The van der Waals surface area contributed by atoms with E-state index in [4.69, 9.17) is 0 Å². The van der Waals surface area contributed by atoms with Crippen LogP contribution < -0.4 is 10.6 Å². The molecular weight excluding hydrogens is 323 g/mol. The highest BCUT2D eigenvalue weighted by molar-refractivity contribution is 5.94. The predicted molar refractivity (Wildman–Crippen MR) is 91.7 cm³/mol. The summed E-state index contributed by atoms with van der Waals surface area (Å²) < 4.78 is 12.9. The molecule has 1 aliphatic heterocycles. The molecule has 1 saturated heterocycles. The lowest BCUT2D eigenvalue weighted by molar-refractivity contribution is 0.0919. The van der Waals surface area contributed by atoms with Crippen molar-refractivity contribution in [3.63, 3.8) is 0 Å². The summed E-state index contributed by atoms with van der Waals surface area (Å²) in [6, 6.07) is 8.89. The SMILES string of the molecule is O=C(NC1CCN(C(=O)Nc2ccc(F)cc2)CC1)c1cccnc1. The lowest BCUT2D eigenvalue weighted by Gasteiger charge is -2.32. The lowest BCUT2D eigenvalue weighted by atomic mass is 10.0. The van der Waals surface area contributed by atoms with Crippen molar-refractivity contribution in [3.8, 4) is 0 Å². The number of anilines is 1. The highest BCUT2D eigenvalue weighted by atomic mass is 19.1. The van der Waals surface area contributed by atoms with Crippen molar-refractivity contribution in [3.05, 3.63) is 60.2 Å². The quantitative estimate of drug-likeness (QED) is 0.900. The number of urea groups is 1. The normalized spacial score (nSPS) is 14.8. The minimum absolute atomic E-state index is 0.0302. The number of rotatable bonds is 3. The van der Waals surface area contributed by atoms with Crippen LogP contribution in [-0.2, 0) is 0 Å². The summed E-state index contributed by atoms with van der Waals surface area (Å²) in [7, 11) is 0. The summed E-state index contributed by atoms with van der Waals surface area (Å²) in [5.74, 6) is -0.495. The van der Waals surface area contributed by atoms with Gasteiger partial charge in [0.15, 0.2) is 0 Å². The summed E-state index contributed by atoms with van der Waals surface area (Å²) in [5.41, 5.74) is 1.08. The minimum atomic E-state index is -0.344. The number of carbonyl (C=O) groups is 2. The van der Waals surface area contributed by atoms with Crippen LogP contribution >= 0.6 is 0 Å². The third-order valence-corrected chi connectivity index (χ3v) is 4.14. The molecule has 0 saturated carbocycles. The van der Waals surface area contributed by atoms with Crippen LogP contribution in [0.2, 0.25) is 0 Å². The Labute approximate surface area is 145 Å². The molecule has 0 aliphatic carbocycles. The molecule has 0 unspecified atom stereocenters. The molecule has 0 bridgehead atoms. The van der Waals surface area contributed by atoms with E-state index in [1.165, 1.54) is 30.5 Å². The van der Waals surface area contributed by atoms with Gasteiger partial charge in [0, 0.05) is 37.2 Å². The van der Waals surface area contributed by atoms with Crippen molar-refractivity contribution in [2.45, 2.75) is 18.9 Å². The van der Waals surface area contributed by atoms with E-state index < -0.39 is 0 Å². The van der Waals surface area contributed by atoms with E-state index >= 15 is 0 Å². The van der Waals surface area contributed by atoms with Crippen LogP contribution in [0, 0.1) is 5.82 Å². The van der Waals surface area contributed by atoms with Crippen LogP contribution in [0.4, 0.5) is 14.9 Å². The molecule has 3 rings (SSSR count). The van der Waals surface area contributed by atoms with Crippen molar-refractivity contribution < 1.29 is 14.0 Å². The van der Waals surface area contributed by atoms with Crippen LogP contribution in [0.5, 0.6) is 0 Å². The van der Waals surface area contributed by atoms with Crippen molar-refractivity contribution in [2.75, 3.05) is 18.4 Å². The van der Waals surface area contributed by atoms with Crippen molar-refractivity contribution >= 4 is 17.6 Å². The van der Waals surface area contributed by atoms with Gasteiger partial charge in [0.25, 0.3) is 5.91 Å². The van der Waals surface area contributed by atoms with Crippen molar-refractivity contribution in [2.24, 2.45) is 0 Å². The average Bonchev–Trinajstić information content (AvgIpc) is 2.65. The van der Waals surface area contributed by atoms with Gasteiger partial charge in [0.1, 0.15) is 5.82 Å². The Kier molecular flexibility index (Phi) is 5.23. The Morgan fingerprint density at radius 3 is 2.48 bits per heavy atom. The van der Waals surface area contributed by atoms with Crippen LogP contribution in [0.25, 0.3) is 0 Å². The highest BCUT2D eigenvalue weighted by Gasteiger charge is 2.24. The molecule has 0 atom stereocenters. The van der Waals surface area contributed by atoms with Crippen LogP contribution in [0.1, 0.15) is 23.2 Å². The third kappa shape index (κ3) is 4.53. The number of aromatic nitrogens is 1. The van der Waals surface area contributed by atoms with Crippen molar-refractivity contribution in [1.29, 1.82) is 0 Å². The van der Waals surface area contributed by atoms with Crippen LogP contribution in [0.15, 0.2) is 48.8 Å². The molecule has 25 heavy (non-hydrogen) atoms. The number of nitrogens with zero attached hydrogens (tertiary/aromatic N) is 2. The Bertz CT molecular complexity index is 729. The monoisotopic (exact) mass is 342 g/mol. The number of hydrogen-bond acceptors (Lipinski definition) is 3. The largest absolute Gasteiger partial charge is 0.349 e. The molecule has 2 N–H and O–H groups in total. The second-order valence-electron chi connectivity index (χ2n) is 5.91. The van der Waals surface area contributed by atoms with Gasteiger partial charge in [-0.05, 0) is 49.2 Å². The van der Waals surface area contributed by atoms with Gasteiger partial charge in [-0.25, -0.2) is 9.18 Å². The maximum atomic E-state index is 12.9.